The van der Waals surface area contributed by atoms with E-state index in [-0.39, 0.29) is 23.7 Å². The van der Waals surface area contributed by atoms with Crippen LogP contribution in [0.15, 0.2) is 48.5 Å². The summed E-state index contributed by atoms with van der Waals surface area (Å²) in [5.74, 6) is -1.08. The molecule has 0 saturated carbocycles. The minimum atomic E-state index is -4.51. The van der Waals surface area contributed by atoms with E-state index >= 15 is 0 Å². The van der Waals surface area contributed by atoms with Crippen molar-refractivity contribution >= 4 is 29.1 Å². The van der Waals surface area contributed by atoms with Gasteiger partial charge in [0, 0.05) is 29.9 Å². The van der Waals surface area contributed by atoms with Gasteiger partial charge in [-0.2, -0.15) is 13.2 Å². The number of alkyl halides is 3. The Bertz CT molecular complexity index is 944. The van der Waals surface area contributed by atoms with E-state index in [1.54, 1.807) is 6.07 Å². The summed E-state index contributed by atoms with van der Waals surface area (Å²) >= 11 is 0. The van der Waals surface area contributed by atoms with Crippen molar-refractivity contribution < 1.29 is 27.6 Å². The van der Waals surface area contributed by atoms with Crippen LogP contribution in [0, 0.1) is 0 Å². The van der Waals surface area contributed by atoms with Crippen molar-refractivity contribution in [3.8, 4) is 0 Å². The fourth-order valence-corrected chi connectivity index (χ4v) is 2.96. The maximum atomic E-state index is 12.8. The van der Waals surface area contributed by atoms with E-state index in [0.29, 0.717) is 18.7 Å². The Labute approximate surface area is 164 Å². The lowest BCUT2D eigenvalue weighted by atomic mass is 10.1. The molecule has 29 heavy (non-hydrogen) atoms. The predicted octanol–water partition coefficient (Wildman–Crippen LogP) is 3.52. The molecule has 0 radical (unpaired) electrons. The molecule has 0 unspecified atom stereocenters. The smallest absolute Gasteiger partial charge is 0.333 e. The monoisotopic (exact) mass is 405 g/mol. The van der Waals surface area contributed by atoms with E-state index in [2.05, 4.69) is 10.6 Å². The van der Waals surface area contributed by atoms with Crippen molar-refractivity contribution in [2.75, 3.05) is 23.7 Å². The molecule has 6 nitrogen and oxygen atoms in total. The average Bonchev–Trinajstić information content (AvgIpc) is 3.06. The highest BCUT2D eigenvalue weighted by Gasteiger charge is 2.30. The second-order valence-electron chi connectivity index (χ2n) is 6.58. The molecule has 3 rings (SSSR count). The SMILES string of the molecule is O=C(CN1CCCC1=O)Nc1cccc(C(=O)Nc2cccc(C(F)(F)F)c2)c1. The van der Waals surface area contributed by atoms with Crippen LogP contribution in [0.4, 0.5) is 24.5 Å². The van der Waals surface area contributed by atoms with Crippen LogP contribution in [0.5, 0.6) is 0 Å². The van der Waals surface area contributed by atoms with Crippen LogP contribution in [0.2, 0.25) is 0 Å². The van der Waals surface area contributed by atoms with Crippen LogP contribution >= 0.6 is 0 Å². The Morgan fingerprint density at radius 3 is 2.34 bits per heavy atom. The molecular weight excluding hydrogens is 387 g/mol. The van der Waals surface area contributed by atoms with Crippen molar-refractivity contribution in [1.29, 1.82) is 0 Å². The molecule has 1 aliphatic heterocycles. The number of amides is 3. The summed E-state index contributed by atoms with van der Waals surface area (Å²) in [6.45, 7) is 0.463. The van der Waals surface area contributed by atoms with Crippen molar-refractivity contribution in [3.05, 3.63) is 59.7 Å². The highest BCUT2D eigenvalue weighted by atomic mass is 19.4. The first-order valence-corrected chi connectivity index (χ1v) is 8.89. The van der Waals surface area contributed by atoms with Gasteiger partial charge in [0.1, 0.15) is 0 Å². The average molecular weight is 405 g/mol. The summed E-state index contributed by atoms with van der Waals surface area (Å²) in [6.07, 6.45) is -3.36. The van der Waals surface area contributed by atoms with Crippen molar-refractivity contribution in [2.45, 2.75) is 19.0 Å². The van der Waals surface area contributed by atoms with Gasteiger partial charge in [-0.05, 0) is 42.8 Å². The normalized spacial score (nSPS) is 14.0. The molecule has 1 heterocycles. The Balaban J connectivity index is 1.65. The van der Waals surface area contributed by atoms with E-state index in [4.69, 9.17) is 0 Å². The molecule has 2 aromatic carbocycles. The zero-order valence-electron chi connectivity index (χ0n) is 15.3. The predicted molar refractivity (Wildman–Crippen MR) is 100 cm³/mol. The number of rotatable bonds is 5. The largest absolute Gasteiger partial charge is 0.416 e. The van der Waals surface area contributed by atoms with E-state index in [1.807, 2.05) is 0 Å². The third-order valence-electron chi connectivity index (χ3n) is 4.36. The molecule has 0 bridgehead atoms. The molecule has 0 aromatic heterocycles. The van der Waals surface area contributed by atoms with Crippen LogP contribution in [0.25, 0.3) is 0 Å². The van der Waals surface area contributed by atoms with E-state index < -0.39 is 23.6 Å². The number of likely N-dealkylation sites (tertiary alicyclic amines) is 1. The van der Waals surface area contributed by atoms with Gasteiger partial charge in [0.15, 0.2) is 0 Å². The maximum absolute atomic E-state index is 12.8. The van der Waals surface area contributed by atoms with Gasteiger partial charge in [0.25, 0.3) is 5.91 Å². The lowest BCUT2D eigenvalue weighted by Crippen LogP contribution is -2.34. The third kappa shape index (κ3) is 5.34. The number of carbonyl (C=O) groups excluding carboxylic acids is 3. The molecule has 0 spiro atoms. The molecule has 152 valence electrons. The quantitative estimate of drug-likeness (QED) is 0.799. The zero-order chi connectivity index (χ0) is 21.0. The molecule has 2 aromatic rings. The second kappa shape index (κ2) is 8.34. The van der Waals surface area contributed by atoms with E-state index in [0.717, 1.165) is 18.6 Å². The Morgan fingerprint density at radius 2 is 1.69 bits per heavy atom. The van der Waals surface area contributed by atoms with Gasteiger partial charge in [-0.25, -0.2) is 0 Å². The van der Waals surface area contributed by atoms with Gasteiger partial charge in [-0.15, -0.1) is 0 Å². The summed E-state index contributed by atoms with van der Waals surface area (Å²) in [6, 6.07) is 10.3. The molecule has 1 aliphatic rings. The first-order chi connectivity index (χ1) is 13.7. The van der Waals surface area contributed by atoms with Crippen molar-refractivity contribution in [2.24, 2.45) is 0 Å². The second-order valence-corrected chi connectivity index (χ2v) is 6.58. The Kier molecular flexibility index (Phi) is 5.86. The van der Waals surface area contributed by atoms with Gasteiger partial charge < -0.3 is 15.5 Å². The fourth-order valence-electron chi connectivity index (χ4n) is 2.96. The number of hydrogen-bond acceptors (Lipinski definition) is 3. The number of anilines is 2. The standard InChI is InChI=1S/C20H18F3N3O3/c21-20(22,23)14-5-2-7-16(11-14)25-19(29)13-4-1-6-15(10-13)24-17(27)12-26-9-3-8-18(26)28/h1-2,4-7,10-11H,3,8-9,12H2,(H,24,27)(H,25,29). The number of halogens is 3. The summed E-state index contributed by atoms with van der Waals surface area (Å²) in [4.78, 5) is 37.5. The van der Waals surface area contributed by atoms with Gasteiger partial charge in [-0.1, -0.05) is 12.1 Å². The molecule has 1 saturated heterocycles. The number of hydrogen-bond donors (Lipinski definition) is 2. The highest BCUT2D eigenvalue weighted by Crippen LogP contribution is 2.30. The topological polar surface area (TPSA) is 78.5 Å². The van der Waals surface area contributed by atoms with Gasteiger partial charge in [-0.3, -0.25) is 14.4 Å². The lowest BCUT2D eigenvalue weighted by Gasteiger charge is -2.15. The van der Waals surface area contributed by atoms with Crippen LogP contribution in [-0.4, -0.2) is 35.7 Å². The van der Waals surface area contributed by atoms with E-state index in [1.165, 1.54) is 35.2 Å². The third-order valence-corrected chi connectivity index (χ3v) is 4.36. The number of benzene rings is 2. The minimum absolute atomic E-state index is 0.00631. The molecule has 0 atom stereocenters. The molecule has 9 heteroatoms. The minimum Gasteiger partial charge on any atom is -0.333 e. The van der Waals surface area contributed by atoms with Gasteiger partial charge in [0.05, 0.1) is 12.1 Å². The van der Waals surface area contributed by atoms with Gasteiger partial charge >= 0.3 is 6.18 Å². The molecule has 2 N–H and O–H groups in total. The van der Waals surface area contributed by atoms with Crippen molar-refractivity contribution in [3.63, 3.8) is 0 Å². The summed E-state index contributed by atoms with van der Waals surface area (Å²) < 4.78 is 38.4. The van der Waals surface area contributed by atoms with Gasteiger partial charge in [0.2, 0.25) is 11.8 Å². The maximum Gasteiger partial charge on any atom is 0.416 e. The summed E-state index contributed by atoms with van der Waals surface area (Å²) in [5.41, 5.74) is -0.351. The lowest BCUT2D eigenvalue weighted by molar-refractivity contribution is -0.137. The highest BCUT2D eigenvalue weighted by molar-refractivity contribution is 6.05. The first-order valence-electron chi connectivity index (χ1n) is 8.89. The van der Waals surface area contributed by atoms with Crippen molar-refractivity contribution in [1.82, 2.24) is 4.90 Å². The zero-order valence-corrected chi connectivity index (χ0v) is 15.3. The molecule has 1 fully saturated rings. The van der Waals surface area contributed by atoms with Crippen LogP contribution in [-0.2, 0) is 15.8 Å². The van der Waals surface area contributed by atoms with E-state index in [9.17, 15) is 27.6 Å². The Hall–Kier alpha value is -3.36. The number of nitrogens with one attached hydrogen (secondary N) is 2. The first kappa shape index (κ1) is 20.4. The molecule has 3 amide bonds. The number of nitrogens with zero attached hydrogens (tertiary/aromatic N) is 1. The number of carbonyl (C=O) groups is 3. The molecular formula is C20H18F3N3O3. The van der Waals surface area contributed by atoms with Crippen LogP contribution < -0.4 is 10.6 Å². The summed E-state index contributed by atoms with van der Waals surface area (Å²) in [7, 11) is 0. The summed E-state index contributed by atoms with van der Waals surface area (Å²) in [5, 5.41) is 5.03. The Morgan fingerprint density at radius 1 is 1.00 bits per heavy atom. The fraction of sp³-hybridized carbons (Fsp3) is 0.250. The van der Waals surface area contributed by atoms with Crippen LogP contribution in [0.1, 0.15) is 28.8 Å². The van der Waals surface area contributed by atoms with Crippen LogP contribution in [0.3, 0.4) is 0 Å². The molecule has 0 aliphatic carbocycles.